The van der Waals surface area contributed by atoms with Crippen LogP contribution >= 0.6 is 15.9 Å². The van der Waals surface area contributed by atoms with Gasteiger partial charge in [0.2, 0.25) is 5.91 Å². The van der Waals surface area contributed by atoms with Crippen molar-refractivity contribution in [1.29, 1.82) is 0 Å². The maximum absolute atomic E-state index is 13.5. The number of anilines is 2. The molecule has 3 nitrogen and oxygen atoms in total. The molecule has 0 bridgehead atoms. The Kier molecular flexibility index (Phi) is 3.92. The Labute approximate surface area is 130 Å². The van der Waals surface area contributed by atoms with Gasteiger partial charge in [-0.2, -0.15) is 0 Å². The van der Waals surface area contributed by atoms with Gasteiger partial charge < -0.3 is 10.6 Å². The fourth-order valence-electron chi connectivity index (χ4n) is 2.35. The van der Waals surface area contributed by atoms with E-state index in [2.05, 4.69) is 26.6 Å². The van der Waals surface area contributed by atoms with Crippen LogP contribution in [0.2, 0.25) is 0 Å². The van der Waals surface area contributed by atoms with Crippen molar-refractivity contribution in [3.63, 3.8) is 0 Å². The van der Waals surface area contributed by atoms with Crippen molar-refractivity contribution in [2.24, 2.45) is 0 Å². The number of nitrogens with one attached hydrogen (secondary N) is 2. The van der Waals surface area contributed by atoms with E-state index in [9.17, 15) is 9.18 Å². The lowest BCUT2D eigenvalue weighted by Gasteiger charge is -2.18. The molecule has 0 atom stereocenters. The third kappa shape index (κ3) is 3.24. The summed E-state index contributed by atoms with van der Waals surface area (Å²) in [6.45, 7) is 0.551. The lowest BCUT2D eigenvalue weighted by molar-refractivity contribution is -0.116. The van der Waals surface area contributed by atoms with Crippen LogP contribution in [-0.2, 0) is 17.8 Å². The predicted octanol–water partition coefficient (Wildman–Crippen LogP) is 4.09. The lowest BCUT2D eigenvalue weighted by atomic mass is 10.0. The summed E-state index contributed by atoms with van der Waals surface area (Å²) in [5.74, 6) is -0.198. The van der Waals surface area contributed by atoms with E-state index < -0.39 is 0 Å². The normalized spacial score (nSPS) is 13.5. The summed E-state index contributed by atoms with van der Waals surface area (Å²) in [5, 5.41) is 6.13. The van der Waals surface area contributed by atoms with Crippen molar-refractivity contribution in [2.75, 3.05) is 10.6 Å². The van der Waals surface area contributed by atoms with E-state index in [4.69, 9.17) is 0 Å². The second-order valence-corrected chi connectivity index (χ2v) is 5.88. The lowest BCUT2D eigenvalue weighted by Crippen LogP contribution is -2.18. The molecular formula is C16H14BrFN2O. The van der Waals surface area contributed by atoms with Crippen molar-refractivity contribution < 1.29 is 9.18 Å². The summed E-state index contributed by atoms with van der Waals surface area (Å²) in [6.07, 6.45) is 1.28. The first-order chi connectivity index (χ1) is 10.1. The molecule has 0 radical (unpaired) electrons. The van der Waals surface area contributed by atoms with Crippen LogP contribution in [0.4, 0.5) is 15.8 Å². The first-order valence-electron chi connectivity index (χ1n) is 6.72. The van der Waals surface area contributed by atoms with Gasteiger partial charge in [-0.25, -0.2) is 4.39 Å². The van der Waals surface area contributed by atoms with Gasteiger partial charge in [-0.05, 0) is 63.8 Å². The fraction of sp³-hybridized carbons (Fsp3) is 0.188. The van der Waals surface area contributed by atoms with Crippen LogP contribution in [0.1, 0.15) is 17.5 Å². The van der Waals surface area contributed by atoms with Gasteiger partial charge in [0.15, 0.2) is 0 Å². The van der Waals surface area contributed by atoms with Crippen LogP contribution in [0.15, 0.2) is 40.9 Å². The largest absolute Gasteiger partial charge is 0.381 e. The van der Waals surface area contributed by atoms with Gasteiger partial charge in [-0.3, -0.25) is 4.79 Å². The third-order valence-corrected chi connectivity index (χ3v) is 4.12. The Morgan fingerprint density at radius 1 is 1.19 bits per heavy atom. The number of halogens is 2. The average Bonchev–Trinajstić information content (AvgIpc) is 2.48. The molecule has 1 amide bonds. The van der Waals surface area contributed by atoms with Crippen LogP contribution in [0.25, 0.3) is 0 Å². The van der Waals surface area contributed by atoms with Gasteiger partial charge >= 0.3 is 0 Å². The van der Waals surface area contributed by atoms with Crippen LogP contribution in [0.5, 0.6) is 0 Å². The number of hydrogen-bond acceptors (Lipinski definition) is 2. The standard InChI is InChI=1S/C16H14BrFN2O/c17-13-4-1-10(7-14(13)18)9-19-12-3-5-15-11(8-12)2-6-16(21)20-15/h1,3-5,7-8,19H,2,6,9H2,(H,20,21). The number of amides is 1. The van der Waals surface area contributed by atoms with E-state index in [1.165, 1.54) is 6.07 Å². The monoisotopic (exact) mass is 348 g/mol. The zero-order valence-corrected chi connectivity index (χ0v) is 12.8. The van der Waals surface area contributed by atoms with Gasteiger partial charge in [-0.15, -0.1) is 0 Å². The van der Waals surface area contributed by atoms with Crippen molar-refractivity contribution in [2.45, 2.75) is 19.4 Å². The molecule has 1 aliphatic rings. The Morgan fingerprint density at radius 2 is 2.05 bits per heavy atom. The maximum Gasteiger partial charge on any atom is 0.224 e. The van der Waals surface area contributed by atoms with Crippen LogP contribution in [0, 0.1) is 5.82 Å². The molecule has 2 N–H and O–H groups in total. The van der Waals surface area contributed by atoms with Gasteiger partial charge in [0.05, 0.1) is 4.47 Å². The number of benzene rings is 2. The van der Waals surface area contributed by atoms with Crippen LogP contribution < -0.4 is 10.6 Å². The molecule has 0 saturated heterocycles. The molecule has 0 fully saturated rings. The van der Waals surface area contributed by atoms with E-state index in [1.807, 2.05) is 24.3 Å². The third-order valence-electron chi connectivity index (χ3n) is 3.48. The van der Waals surface area contributed by atoms with Crippen molar-refractivity contribution in [3.8, 4) is 0 Å². The number of carbonyl (C=O) groups excluding carboxylic acids is 1. The Bertz CT molecular complexity index is 703. The molecular weight excluding hydrogens is 335 g/mol. The summed E-state index contributed by atoms with van der Waals surface area (Å²) < 4.78 is 13.9. The summed E-state index contributed by atoms with van der Waals surface area (Å²) in [4.78, 5) is 11.3. The van der Waals surface area contributed by atoms with Crippen molar-refractivity contribution >= 4 is 33.2 Å². The predicted molar refractivity (Wildman–Crippen MR) is 84.8 cm³/mol. The smallest absolute Gasteiger partial charge is 0.224 e. The average molecular weight is 349 g/mol. The number of rotatable bonds is 3. The van der Waals surface area contributed by atoms with E-state index in [1.54, 1.807) is 6.07 Å². The molecule has 3 rings (SSSR count). The molecule has 0 aromatic heterocycles. The van der Waals surface area contributed by atoms with Gasteiger partial charge in [0.1, 0.15) is 5.82 Å². The highest BCUT2D eigenvalue weighted by Crippen LogP contribution is 2.26. The zero-order valence-electron chi connectivity index (χ0n) is 11.2. The molecule has 1 heterocycles. The SMILES string of the molecule is O=C1CCc2cc(NCc3ccc(Br)c(F)c3)ccc2N1. The number of aryl methyl sites for hydroxylation is 1. The first kappa shape index (κ1) is 14.1. The Balaban J connectivity index is 1.71. The molecule has 5 heteroatoms. The summed E-state index contributed by atoms with van der Waals surface area (Å²) in [7, 11) is 0. The number of hydrogen-bond donors (Lipinski definition) is 2. The minimum Gasteiger partial charge on any atom is -0.381 e. The number of carbonyl (C=O) groups is 1. The molecule has 21 heavy (non-hydrogen) atoms. The Morgan fingerprint density at radius 3 is 2.86 bits per heavy atom. The van der Waals surface area contributed by atoms with Gasteiger partial charge in [-0.1, -0.05) is 6.07 Å². The molecule has 108 valence electrons. The molecule has 0 spiro atoms. The minimum absolute atomic E-state index is 0.0635. The maximum atomic E-state index is 13.5. The summed E-state index contributed by atoms with van der Waals surface area (Å²) in [5.41, 5.74) is 3.85. The highest BCUT2D eigenvalue weighted by molar-refractivity contribution is 9.10. The van der Waals surface area contributed by atoms with Crippen molar-refractivity contribution in [3.05, 3.63) is 57.8 Å². The topological polar surface area (TPSA) is 41.1 Å². The van der Waals surface area contributed by atoms with Gasteiger partial charge in [0.25, 0.3) is 0 Å². The summed E-state index contributed by atoms with van der Waals surface area (Å²) >= 11 is 3.14. The zero-order chi connectivity index (χ0) is 14.8. The van der Waals surface area contributed by atoms with E-state index in [0.29, 0.717) is 17.4 Å². The summed E-state index contributed by atoms with van der Waals surface area (Å²) in [6, 6.07) is 10.9. The van der Waals surface area contributed by atoms with Crippen LogP contribution in [0.3, 0.4) is 0 Å². The molecule has 0 aliphatic carbocycles. The highest BCUT2D eigenvalue weighted by Gasteiger charge is 2.14. The molecule has 2 aromatic rings. The van der Waals surface area contributed by atoms with E-state index in [-0.39, 0.29) is 11.7 Å². The second-order valence-electron chi connectivity index (χ2n) is 5.02. The Hall–Kier alpha value is -1.88. The number of fused-ring (bicyclic) bond motifs is 1. The van der Waals surface area contributed by atoms with E-state index in [0.717, 1.165) is 28.9 Å². The van der Waals surface area contributed by atoms with Crippen LogP contribution in [-0.4, -0.2) is 5.91 Å². The minimum atomic E-state index is -0.262. The van der Waals surface area contributed by atoms with E-state index >= 15 is 0 Å². The first-order valence-corrected chi connectivity index (χ1v) is 7.52. The fourth-order valence-corrected chi connectivity index (χ4v) is 2.59. The molecule has 0 unspecified atom stereocenters. The highest BCUT2D eigenvalue weighted by atomic mass is 79.9. The second kappa shape index (κ2) is 5.85. The molecule has 2 aromatic carbocycles. The molecule has 1 aliphatic heterocycles. The molecule has 0 saturated carbocycles. The van der Waals surface area contributed by atoms with Gasteiger partial charge in [0, 0.05) is 24.3 Å². The quantitative estimate of drug-likeness (QED) is 0.877. The van der Waals surface area contributed by atoms with Crippen molar-refractivity contribution in [1.82, 2.24) is 0 Å².